The first-order valence-corrected chi connectivity index (χ1v) is 7.68. The molecule has 3 nitrogen and oxygen atoms in total. The number of hydrogen-bond donors (Lipinski definition) is 1. The molecule has 0 bridgehead atoms. The lowest BCUT2D eigenvalue weighted by Crippen LogP contribution is -2.56. The van der Waals surface area contributed by atoms with E-state index in [1.807, 2.05) is 18.5 Å². The Morgan fingerprint density at radius 3 is 2.81 bits per heavy atom. The van der Waals surface area contributed by atoms with Crippen LogP contribution < -0.4 is 5.32 Å². The lowest BCUT2D eigenvalue weighted by molar-refractivity contribution is 0.144. The number of nitrogens with one attached hydrogen (secondary N) is 1. The van der Waals surface area contributed by atoms with Crippen molar-refractivity contribution in [3.63, 3.8) is 0 Å². The van der Waals surface area contributed by atoms with Gasteiger partial charge in [0, 0.05) is 38.6 Å². The molecule has 1 aromatic carbocycles. The highest BCUT2D eigenvalue weighted by Gasteiger charge is 2.31. The quantitative estimate of drug-likeness (QED) is 0.933. The van der Waals surface area contributed by atoms with Gasteiger partial charge in [0.1, 0.15) is 0 Å². The maximum atomic E-state index is 4.19. The molecule has 1 atom stereocenters. The SMILES string of the molecule is CC1(c2ccccc2)CN(CCc2cccnc2)CCN1. The van der Waals surface area contributed by atoms with Crippen molar-refractivity contribution in [2.45, 2.75) is 18.9 Å². The highest BCUT2D eigenvalue weighted by Crippen LogP contribution is 2.24. The fourth-order valence-corrected chi connectivity index (χ4v) is 3.10. The zero-order valence-corrected chi connectivity index (χ0v) is 12.6. The average molecular weight is 281 g/mol. The van der Waals surface area contributed by atoms with Crippen LogP contribution in [0.1, 0.15) is 18.1 Å². The highest BCUT2D eigenvalue weighted by molar-refractivity contribution is 5.25. The van der Waals surface area contributed by atoms with Gasteiger partial charge in [0.05, 0.1) is 5.54 Å². The summed E-state index contributed by atoms with van der Waals surface area (Å²) in [5.74, 6) is 0. The minimum absolute atomic E-state index is 0.0500. The van der Waals surface area contributed by atoms with Crippen LogP contribution in [0.2, 0.25) is 0 Å². The van der Waals surface area contributed by atoms with E-state index in [9.17, 15) is 0 Å². The zero-order chi connectivity index (χ0) is 14.5. The maximum Gasteiger partial charge on any atom is 0.0535 e. The Hall–Kier alpha value is -1.71. The van der Waals surface area contributed by atoms with Crippen molar-refractivity contribution in [1.29, 1.82) is 0 Å². The van der Waals surface area contributed by atoms with Crippen LogP contribution in [0.4, 0.5) is 0 Å². The molecule has 1 aliphatic rings. The van der Waals surface area contributed by atoms with Crippen LogP contribution in [0.5, 0.6) is 0 Å². The second kappa shape index (κ2) is 6.37. The molecule has 2 aromatic rings. The topological polar surface area (TPSA) is 28.2 Å². The summed E-state index contributed by atoms with van der Waals surface area (Å²) in [7, 11) is 0. The van der Waals surface area contributed by atoms with Crippen LogP contribution in [0.15, 0.2) is 54.9 Å². The van der Waals surface area contributed by atoms with E-state index in [1.54, 1.807) is 0 Å². The van der Waals surface area contributed by atoms with E-state index in [4.69, 9.17) is 0 Å². The van der Waals surface area contributed by atoms with Gasteiger partial charge in [0.25, 0.3) is 0 Å². The predicted molar refractivity (Wildman–Crippen MR) is 86.2 cm³/mol. The van der Waals surface area contributed by atoms with E-state index in [0.717, 1.165) is 32.6 Å². The van der Waals surface area contributed by atoms with E-state index < -0.39 is 0 Å². The summed E-state index contributed by atoms with van der Waals surface area (Å²) < 4.78 is 0. The number of nitrogens with zero attached hydrogens (tertiary/aromatic N) is 2. The molecular weight excluding hydrogens is 258 g/mol. The molecule has 0 radical (unpaired) electrons. The van der Waals surface area contributed by atoms with E-state index in [-0.39, 0.29) is 5.54 Å². The third kappa shape index (κ3) is 3.49. The Morgan fingerprint density at radius 1 is 1.19 bits per heavy atom. The number of aromatic nitrogens is 1. The lowest BCUT2D eigenvalue weighted by Gasteiger charge is -2.42. The van der Waals surface area contributed by atoms with E-state index in [1.165, 1.54) is 11.1 Å². The maximum absolute atomic E-state index is 4.19. The number of rotatable bonds is 4. The van der Waals surface area contributed by atoms with Crippen LogP contribution >= 0.6 is 0 Å². The first-order chi connectivity index (χ1) is 10.3. The summed E-state index contributed by atoms with van der Waals surface area (Å²) in [4.78, 5) is 6.75. The Labute approximate surface area is 127 Å². The molecule has 0 amide bonds. The molecule has 110 valence electrons. The molecule has 0 saturated carbocycles. The average Bonchev–Trinajstić information content (AvgIpc) is 2.55. The summed E-state index contributed by atoms with van der Waals surface area (Å²) in [6.45, 7) is 6.60. The predicted octanol–water partition coefficient (Wildman–Crippen LogP) is 2.44. The van der Waals surface area contributed by atoms with Gasteiger partial charge in [-0.1, -0.05) is 36.4 Å². The van der Waals surface area contributed by atoms with Gasteiger partial charge < -0.3 is 5.32 Å². The van der Waals surface area contributed by atoms with Gasteiger partial charge in [0.15, 0.2) is 0 Å². The van der Waals surface area contributed by atoms with Crippen molar-refractivity contribution < 1.29 is 0 Å². The van der Waals surface area contributed by atoms with Crippen molar-refractivity contribution in [3.8, 4) is 0 Å². The number of pyridine rings is 1. The molecule has 1 fully saturated rings. The summed E-state index contributed by atoms with van der Waals surface area (Å²) in [5, 5.41) is 3.69. The number of hydrogen-bond acceptors (Lipinski definition) is 3. The largest absolute Gasteiger partial charge is 0.305 e. The van der Waals surface area contributed by atoms with Gasteiger partial charge in [-0.3, -0.25) is 9.88 Å². The molecule has 1 saturated heterocycles. The molecule has 0 aliphatic carbocycles. The molecular formula is C18H23N3. The second-order valence-corrected chi connectivity index (χ2v) is 6.01. The standard InChI is InChI=1S/C18H23N3/c1-18(17-7-3-2-4-8-17)15-21(13-11-20-18)12-9-16-6-5-10-19-14-16/h2-8,10,14,20H,9,11-13,15H2,1H3. The third-order valence-corrected chi connectivity index (χ3v) is 4.33. The fourth-order valence-electron chi connectivity index (χ4n) is 3.10. The third-order valence-electron chi connectivity index (χ3n) is 4.33. The van der Waals surface area contributed by atoms with Gasteiger partial charge in [-0.15, -0.1) is 0 Å². The number of piperazine rings is 1. The molecule has 1 aromatic heterocycles. The van der Waals surface area contributed by atoms with Crippen molar-refractivity contribution in [3.05, 3.63) is 66.0 Å². The lowest BCUT2D eigenvalue weighted by atomic mass is 9.89. The molecule has 3 heteroatoms. The van der Waals surface area contributed by atoms with Crippen molar-refractivity contribution in [2.24, 2.45) is 0 Å². The second-order valence-electron chi connectivity index (χ2n) is 6.01. The Morgan fingerprint density at radius 2 is 2.05 bits per heavy atom. The minimum atomic E-state index is 0.0500. The summed E-state index contributed by atoms with van der Waals surface area (Å²) >= 11 is 0. The van der Waals surface area contributed by atoms with Crippen LogP contribution in [0, 0.1) is 0 Å². The molecule has 3 rings (SSSR count). The van der Waals surface area contributed by atoms with Crippen molar-refractivity contribution in [2.75, 3.05) is 26.2 Å². The summed E-state index contributed by atoms with van der Waals surface area (Å²) in [6.07, 6.45) is 4.87. The fraction of sp³-hybridized carbons (Fsp3) is 0.389. The normalized spacial score (nSPS) is 23.1. The van der Waals surface area contributed by atoms with E-state index in [2.05, 4.69) is 58.5 Å². The Balaban J connectivity index is 1.63. The summed E-state index contributed by atoms with van der Waals surface area (Å²) in [6, 6.07) is 14.9. The molecule has 21 heavy (non-hydrogen) atoms. The van der Waals surface area contributed by atoms with E-state index >= 15 is 0 Å². The molecule has 2 heterocycles. The Bertz CT molecular complexity index is 555. The molecule has 1 N–H and O–H groups in total. The smallest absolute Gasteiger partial charge is 0.0535 e. The number of benzene rings is 1. The van der Waals surface area contributed by atoms with Crippen LogP contribution in [-0.4, -0.2) is 36.1 Å². The van der Waals surface area contributed by atoms with Crippen LogP contribution in [0.25, 0.3) is 0 Å². The molecule has 1 unspecified atom stereocenters. The van der Waals surface area contributed by atoms with Crippen LogP contribution in [-0.2, 0) is 12.0 Å². The summed E-state index contributed by atoms with van der Waals surface area (Å²) in [5.41, 5.74) is 2.74. The minimum Gasteiger partial charge on any atom is -0.305 e. The van der Waals surface area contributed by atoms with Crippen molar-refractivity contribution >= 4 is 0 Å². The van der Waals surface area contributed by atoms with Crippen LogP contribution in [0.3, 0.4) is 0 Å². The Kier molecular flexibility index (Phi) is 4.32. The van der Waals surface area contributed by atoms with Gasteiger partial charge in [-0.2, -0.15) is 0 Å². The van der Waals surface area contributed by atoms with Gasteiger partial charge in [-0.05, 0) is 30.5 Å². The molecule has 0 spiro atoms. The van der Waals surface area contributed by atoms with E-state index in [0.29, 0.717) is 0 Å². The van der Waals surface area contributed by atoms with Crippen molar-refractivity contribution in [1.82, 2.24) is 15.2 Å². The first-order valence-electron chi connectivity index (χ1n) is 7.68. The zero-order valence-electron chi connectivity index (χ0n) is 12.6. The van der Waals surface area contributed by atoms with Gasteiger partial charge >= 0.3 is 0 Å². The monoisotopic (exact) mass is 281 g/mol. The van der Waals surface area contributed by atoms with Gasteiger partial charge in [0.2, 0.25) is 0 Å². The molecule has 1 aliphatic heterocycles. The highest BCUT2D eigenvalue weighted by atomic mass is 15.2. The first kappa shape index (κ1) is 14.2. The van der Waals surface area contributed by atoms with Gasteiger partial charge in [-0.25, -0.2) is 0 Å².